The van der Waals surface area contributed by atoms with E-state index in [0.717, 1.165) is 27.7 Å². The second-order valence-electron chi connectivity index (χ2n) is 7.76. The lowest BCUT2D eigenvalue weighted by Gasteiger charge is -2.29. The van der Waals surface area contributed by atoms with Gasteiger partial charge in [0.2, 0.25) is 10.0 Å². The maximum absolute atomic E-state index is 13.3. The number of aromatic nitrogens is 4. The summed E-state index contributed by atoms with van der Waals surface area (Å²) in [5.41, 5.74) is 4.05. The number of hydrogen-bond acceptors (Lipinski definition) is 6. The Morgan fingerprint density at radius 1 is 1.16 bits per heavy atom. The van der Waals surface area contributed by atoms with Crippen LogP contribution in [0.4, 0.5) is 11.5 Å². The Kier molecular flexibility index (Phi) is 5.11. The first kappa shape index (κ1) is 20.9. The third-order valence-electron chi connectivity index (χ3n) is 5.66. The fourth-order valence-electron chi connectivity index (χ4n) is 4.09. The number of hydrogen-bond donors (Lipinski definition) is 1. The van der Waals surface area contributed by atoms with E-state index in [9.17, 15) is 8.42 Å². The van der Waals surface area contributed by atoms with Crippen LogP contribution in [-0.2, 0) is 30.0 Å². The summed E-state index contributed by atoms with van der Waals surface area (Å²) in [5, 5.41) is 8.66. The molecule has 8 nitrogen and oxygen atoms in total. The first-order valence-corrected chi connectivity index (χ1v) is 11.9. The van der Waals surface area contributed by atoms with Crippen molar-refractivity contribution in [3.63, 3.8) is 0 Å². The summed E-state index contributed by atoms with van der Waals surface area (Å²) in [4.78, 5) is 9.06. The molecule has 4 aromatic rings. The number of halogens is 1. The van der Waals surface area contributed by atoms with Gasteiger partial charge in [0.1, 0.15) is 15.9 Å². The van der Waals surface area contributed by atoms with Gasteiger partial charge in [-0.1, -0.05) is 29.8 Å². The molecule has 0 bridgehead atoms. The van der Waals surface area contributed by atoms with Crippen LogP contribution in [0.3, 0.4) is 0 Å². The lowest BCUT2D eigenvalue weighted by Crippen LogP contribution is -2.36. The number of anilines is 2. The molecule has 0 radical (unpaired) electrons. The summed E-state index contributed by atoms with van der Waals surface area (Å²) in [6, 6.07) is 11.8. The molecule has 0 saturated carbocycles. The third-order valence-corrected chi connectivity index (χ3v) is 8.20. The molecular formula is C22H21ClN6O2S. The fraction of sp³-hybridized carbons (Fsp3) is 0.227. The van der Waals surface area contributed by atoms with Gasteiger partial charge in [-0.3, -0.25) is 9.67 Å². The highest BCUT2D eigenvalue weighted by Crippen LogP contribution is 2.33. The van der Waals surface area contributed by atoms with E-state index in [-0.39, 0.29) is 16.6 Å². The minimum Gasteiger partial charge on any atom is -0.339 e. The molecule has 5 rings (SSSR count). The second kappa shape index (κ2) is 7.84. The Morgan fingerprint density at radius 2 is 1.97 bits per heavy atom. The molecule has 1 aliphatic rings. The molecule has 32 heavy (non-hydrogen) atoms. The number of nitrogens with zero attached hydrogens (tertiary/aromatic N) is 5. The SMILES string of the molecule is Cc1nn(C)c(Cl)c1S(=O)(=O)N1CCc2c(ccnc2Nc2cnc3ccccc3c2)C1. The van der Waals surface area contributed by atoms with Gasteiger partial charge in [0.25, 0.3) is 0 Å². The van der Waals surface area contributed by atoms with Gasteiger partial charge in [-0.2, -0.15) is 9.40 Å². The Morgan fingerprint density at radius 3 is 2.75 bits per heavy atom. The number of rotatable bonds is 4. The maximum atomic E-state index is 13.3. The van der Waals surface area contributed by atoms with Crippen molar-refractivity contribution in [1.29, 1.82) is 0 Å². The topological polar surface area (TPSA) is 93.0 Å². The Labute approximate surface area is 190 Å². The molecule has 0 spiro atoms. The lowest BCUT2D eigenvalue weighted by molar-refractivity contribution is 0.391. The van der Waals surface area contributed by atoms with E-state index < -0.39 is 10.0 Å². The van der Waals surface area contributed by atoms with Gasteiger partial charge >= 0.3 is 0 Å². The van der Waals surface area contributed by atoms with Crippen LogP contribution in [0.15, 0.2) is 53.7 Å². The standard InChI is InChI=1S/C22H21ClN6O2S/c1-14-20(21(23)28(2)27-14)32(30,31)29-10-8-18-16(13-29)7-9-24-22(18)26-17-11-15-5-3-4-6-19(15)25-12-17/h3-7,9,11-12H,8,10,13H2,1-2H3,(H,24,26). The molecule has 164 valence electrons. The number of pyridine rings is 2. The first-order chi connectivity index (χ1) is 15.3. The number of para-hydroxylation sites is 1. The molecule has 0 amide bonds. The maximum Gasteiger partial charge on any atom is 0.248 e. The molecule has 1 N–H and O–H groups in total. The van der Waals surface area contributed by atoms with Crippen molar-refractivity contribution >= 4 is 44.0 Å². The largest absolute Gasteiger partial charge is 0.339 e. The van der Waals surface area contributed by atoms with Gasteiger partial charge in [-0.05, 0) is 37.1 Å². The minimum absolute atomic E-state index is 0.0692. The monoisotopic (exact) mass is 468 g/mol. The second-order valence-corrected chi connectivity index (χ2v) is 9.99. The molecule has 3 aromatic heterocycles. The Hall–Kier alpha value is -3.01. The van der Waals surface area contributed by atoms with E-state index in [1.165, 1.54) is 8.99 Å². The van der Waals surface area contributed by atoms with E-state index in [0.29, 0.717) is 24.5 Å². The van der Waals surface area contributed by atoms with Crippen LogP contribution in [0.5, 0.6) is 0 Å². The summed E-state index contributed by atoms with van der Waals surface area (Å²) in [7, 11) is -2.14. The van der Waals surface area contributed by atoms with Crippen LogP contribution in [0.25, 0.3) is 10.9 Å². The summed E-state index contributed by atoms with van der Waals surface area (Å²) < 4.78 is 29.4. The smallest absolute Gasteiger partial charge is 0.248 e. The van der Waals surface area contributed by atoms with Crippen LogP contribution in [0.1, 0.15) is 16.8 Å². The Balaban J connectivity index is 1.44. The van der Waals surface area contributed by atoms with Crippen molar-refractivity contribution in [1.82, 2.24) is 24.1 Å². The van der Waals surface area contributed by atoms with Crippen LogP contribution in [-0.4, -0.2) is 39.0 Å². The molecule has 0 saturated heterocycles. The summed E-state index contributed by atoms with van der Waals surface area (Å²) in [6.45, 7) is 2.23. The van der Waals surface area contributed by atoms with Crippen molar-refractivity contribution in [2.75, 3.05) is 11.9 Å². The highest BCUT2D eigenvalue weighted by molar-refractivity contribution is 7.89. The van der Waals surface area contributed by atoms with Gasteiger partial charge in [-0.25, -0.2) is 13.4 Å². The van der Waals surface area contributed by atoms with Gasteiger partial charge in [-0.15, -0.1) is 0 Å². The highest BCUT2D eigenvalue weighted by Gasteiger charge is 2.34. The number of aryl methyl sites for hydroxylation is 2. The fourth-order valence-corrected chi connectivity index (χ4v) is 6.21. The quantitative estimate of drug-likeness (QED) is 0.489. The summed E-state index contributed by atoms with van der Waals surface area (Å²) in [5.74, 6) is 0.715. The van der Waals surface area contributed by atoms with E-state index in [2.05, 4.69) is 20.4 Å². The third kappa shape index (κ3) is 3.52. The molecule has 0 aliphatic carbocycles. The number of nitrogens with one attached hydrogen (secondary N) is 1. The number of benzene rings is 1. The molecule has 0 unspecified atom stereocenters. The van der Waals surface area contributed by atoms with Gasteiger partial charge in [0.05, 0.1) is 23.1 Å². The number of sulfonamides is 1. The highest BCUT2D eigenvalue weighted by atomic mass is 35.5. The van der Waals surface area contributed by atoms with Crippen molar-refractivity contribution < 1.29 is 8.42 Å². The van der Waals surface area contributed by atoms with Crippen LogP contribution >= 0.6 is 11.6 Å². The molecule has 0 fully saturated rings. The van der Waals surface area contributed by atoms with Crippen molar-refractivity contribution in [2.45, 2.75) is 24.8 Å². The zero-order valence-corrected chi connectivity index (χ0v) is 19.2. The Bertz CT molecular complexity index is 1450. The average molecular weight is 469 g/mol. The van der Waals surface area contributed by atoms with E-state index in [4.69, 9.17) is 11.6 Å². The van der Waals surface area contributed by atoms with Crippen LogP contribution in [0, 0.1) is 6.92 Å². The van der Waals surface area contributed by atoms with Crippen molar-refractivity contribution in [3.8, 4) is 0 Å². The molecule has 1 aliphatic heterocycles. The van der Waals surface area contributed by atoms with E-state index in [1.54, 1.807) is 26.4 Å². The van der Waals surface area contributed by atoms with Crippen molar-refractivity contribution in [2.24, 2.45) is 7.05 Å². The zero-order chi connectivity index (χ0) is 22.5. The van der Waals surface area contributed by atoms with Gasteiger partial charge in [0.15, 0.2) is 0 Å². The van der Waals surface area contributed by atoms with Crippen LogP contribution in [0.2, 0.25) is 5.15 Å². The predicted molar refractivity (Wildman–Crippen MR) is 124 cm³/mol. The minimum atomic E-state index is -3.77. The summed E-state index contributed by atoms with van der Waals surface area (Å²) in [6.07, 6.45) is 3.99. The zero-order valence-electron chi connectivity index (χ0n) is 17.6. The first-order valence-electron chi connectivity index (χ1n) is 10.1. The van der Waals surface area contributed by atoms with Crippen molar-refractivity contribution in [3.05, 3.63) is 70.8 Å². The number of fused-ring (bicyclic) bond motifs is 2. The molecule has 10 heteroatoms. The average Bonchev–Trinajstić information content (AvgIpc) is 3.05. The molecule has 1 aromatic carbocycles. The van der Waals surface area contributed by atoms with Crippen LogP contribution < -0.4 is 5.32 Å². The lowest BCUT2D eigenvalue weighted by atomic mass is 10.0. The molecule has 4 heterocycles. The van der Waals surface area contributed by atoms with Gasteiger partial charge in [0, 0.05) is 37.3 Å². The van der Waals surface area contributed by atoms with E-state index in [1.807, 2.05) is 36.4 Å². The molecule has 0 atom stereocenters. The predicted octanol–water partition coefficient (Wildman–Crippen LogP) is 3.82. The van der Waals surface area contributed by atoms with Gasteiger partial charge < -0.3 is 5.32 Å². The normalized spacial score (nSPS) is 14.5. The molecular weight excluding hydrogens is 448 g/mol. The van der Waals surface area contributed by atoms with E-state index >= 15 is 0 Å². The summed E-state index contributed by atoms with van der Waals surface area (Å²) >= 11 is 6.24.